The van der Waals surface area contributed by atoms with Crippen molar-refractivity contribution in [3.05, 3.63) is 42.0 Å². The number of fused-ring (bicyclic) bond motifs is 3. The summed E-state index contributed by atoms with van der Waals surface area (Å²) in [6.45, 7) is 0.0136. The van der Waals surface area contributed by atoms with Gasteiger partial charge in [0, 0.05) is 44.4 Å². The molecule has 3 heterocycles. The average molecular weight is 396 g/mol. The van der Waals surface area contributed by atoms with Gasteiger partial charge in [0.2, 0.25) is 5.91 Å². The zero-order chi connectivity index (χ0) is 20.5. The fraction of sp³-hybridized carbons (Fsp3) is 0.250. The van der Waals surface area contributed by atoms with Crippen LogP contribution in [-0.4, -0.2) is 46.2 Å². The van der Waals surface area contributed by atoms with Gasteiger partial charge >= 0.3 is 0 Å². The van der Waals surface area contributed by atoms with E-state index in [4.69, 9.17) is 4.74 Å². The van der Waals surface area contributed by atoms with Crippen LogP contribution in [-0.2, 0) is 23.1 Å². The molecule has 3 N–H and O–H groups in total. The van der Waals surface area contributed by atoms with E-state index in [2.05, 4.69) is 25.6 Å². The van der Waals surface area contributed by atoms with E-state index in [1.807, 2.05) is 17.7 Å². The third kappa shape index (κ3) is 3.40. The Balaban J connectivity index is 1.75. The Bertz CT molecular complexity index is 1210. The first-order chi connectivity index (χ1) is 14.0. The number of halogens is 1. The molecule has 0 fully saturated rings. The third-order valence-electron chi connectivity index (χ3n) is 4.78. The lowest BCUT2D eigenvalue weighted by Crippen LogP contribution is -2.26. The predicted octanol–water partition coefficient (Wildman–Crippen LogP) is 2.56. The van der Waals surface area contributed by atoms with Gasteiger partial charge in [-0.15, -0.1) is 0 Å². The van der Waals surface area contributed by atoms with Crippen molar-refractivity contribution in [2.75, 3.05) is 26.1 Å². The van der Waals surface area contributed by atoms with Gasteiger partial charge in [0.1, 0.15) is 23.6 Å². The highest BCUT2D eigenvalue weighted by Gasteiger charge is 2.16. The average Bonchev–Trinajstić information content (AvgIpc) is 3.30. The second-order valence-electron chi connectivity index (χ2n) is 6.72. The number of carbonyl (C=O) groups is 1. The zero-order valence-corrected chi connectivity index (χ0v) is 16.3. The monoisotopic (exact) mass is 396 g/mol. The predicted molar refractivity (Wildman–Crippen MR) is 109 cm³/mol. The molecule has 9 heteroatoms. The second-order valence-corrected chi connectivity index (χ2v) is 6.72. The number of pyridine rings is 1. The number of aromatic amines is 1. The Morgan fingerprint density at radius 2 is 2.17 bits per heavy atom. The Labute approximate surface area is 166 Å². The molecule has 150 valence electrons. The van der Waals surface area contributed by atoms with Gasteiger partial charge in [-0.05, 0) is 29.8 Å². The minimum atomic E-state index is -0.382. The number of rotatable bonds is 6. The molecule has 1 aromatic carbocycles. The SMILES string of the molecule is CNc1nc2[nH]c(-c3ccc(F)c(CNC(=O)COC)c3)cc2c2c1ncn2C. The number of ether oxygens (including phenoxy) is 1. The summed E-state index contributed by atoms with van der Waals surface area (Å²) in [5, 5.41) is 6.64. The molecular formula is C20H21FN6O2. The van der Waals surface area contributed by atoms with Gasteiger partial charge in [-0.25, -0.2) is 14.4 Å². The lowest BCUT2D eigenvalue weighted by atomic mass is 10.1. The van der Waals surface area contributed by atoms with Crippen molar-refractivity contribution in [3.8, 4) is 11.3 Å². The number of hydrogen-bond acceptors (Lipinski definition) is 5. The smallest absolute Gasteiger partial charge is 0.246 e. The summed E-state index contributed by atoms with van der Waals surface area (Å²) < 4.78 is 20.9. The Morgan fingerprint density at radius 1 is 1.34 bits per heavy atom. The molecule has 0 atom stereocenters. The number of amides is 1. The molecule has 8 nitrogen and oxygen atoms in total. The first kappa shape index (κ1) is 18.9. The van der Waals surface area contributed by atoms with Gasteiger partial charge in [0.15, 0.2) is 5.82 Å². The Hall–Kier alpha value is -3.46. The number of benzene rings is 1. The first-order valence-electron chi connectivity index (χ1n) is 9.07. The van der Waals surface area contributed by atoms with E-state index in [9.17, 15) is 9.18 Å². The summed E-state index contributed by atoms with van der Waals surface area (Å²) in [4.78, 5) is 24.0. The molecule has 0 saturated heterocycles. The van der Waals surface area contributed by atoms with Gasteiger partial charge in [-0.3, -0.25) is 4.79 Å². The van der Waals surface area contributed by atoms with Crippen molar-refractivity contribution in [1.82, 2.24) is 24.8 Å². The van der Waals surface area contributed by atoms with Gasteiger partial charge in [-0.2, -0.15) is 0 Å². The molecule has 0 aliphatic rings. The Morgan fingerprint density at radius 3 is 2.93 bits per heavy atom. The molecular weight excluding hydrogens is 375 g/mol. The van der Waals surface area contributed by atoms with Gasteiger partial charge in [0.05, 0.1) is 11.8 Å². The maximum Gasteiger partial charge on any atom is 0.246 e. The molecule has 0 aliphatic heterocycles. The van der Waals surface area contributed by atoms with Crippen LogP contribution >= 0.6 is 0 Å². The highest BCUT2D eigenvalue weighted by molar-refractivity contribution is 6.07. The van der Waals surface area contributed by atoms with Crippen molar-refractivity contribution in [1.29, 1.82) is 0 Å². The van der Waals surface area contributed by atoms with E-state index < -0.39 is 0 Å². The van der Waals surface area contributed by atoms with Crippen LogP contribution in [0.25, 0.3) is 33.3 Å². The lowest BCUT2D eigenvalue weighted by molar-refractivity contribution is -0.124. The standard InChI is InChI=1S/C20H21FN6O2/c1-22-20-17-18(27(2)10-24-17)13-7-15(25-19(13)26-20)11-4-5-14(21)12(6-11)8-23-16(28)9-29-3/h4-7,10H,8-9H2,1-3H3,(H,23,28)(H2,22,25,26). The quantitative estimate of drug-likeness (QED) is 0.465. The van der Waals surface area contributed by atoms with Crippen molar-refractivity contribution < 1.29 is 13.9 Å². The van der Waals surface area contributed by atoms with Crippen molar-refractivity contribution in [3.63, 3.8) is 0 Å². The van der Waals surface area contributed by atoms with Crippen LogP contribution in [0.4, 0.5) is 10.2 Å². The topological polar surface area (TPSA) is 96.9 Å². The number of nitrogens with zero attached hydrogens (tertiary/aromatic N) is 3. The summed E-state index contributed by atoms with van der Waals surface area (Å²) in [6, 6.07) is 6.78. The molecule has 0 saturated carbocycles. The highest BCUT2D eigenvalue weighted by Crippen LogP contribution is 2.32. The van der Waals surface area contributed by atoms with Crippen molar-refractivity contribution >= 4 is 33.8 Å². The van der Waals surface area contributed by atoms with E-state index in [0.717, 1.165) is 27.7 Å². The molecule has 0 bridgehead atoms. The van der Waals surface area contributed by atoms with Crippen molar-refractivity contribution in [2.24, 2.45) is 7.05 Å². The third-order valence-corrected chi connectivity index (χ3v) is 4.78. The molecule has 0 spiro atoms. The summed E-state index contributed by atoms with van der Waals surface area (Å²) >= 11 is 0. The summed E-state index contributed by atoms with van der Waals surface area (Å²) in [7, 11) is 5.17. The number of nitrogens with one attached hydrogen (secondary N) is 3. The summed E-state index contributed by atoms with van der Waals surface area (Å²) in [5.74, 6) is -0.000317. The van der Waals surface area contributed by atoms with Gasteiger partial charge < -0.3 is 24.9 Å². The van der Waals surface area contributed by atoms with Crippen LogP contribution in [0.15, 0.2) is 30.6 Å². The Kier molecular flexibility index (Phi) is 4.89. The van der Waals surface area contributed by atoms with Gasteiger partial charge in [0.25, 0.3) is 0 Å². The zero-order valence-electron chi connectivity index (χ0n) is 16.3. The van der Waals surface area contributed by atoms with Crippen LogP contribution in [0.3, 0.4) is 0 Å². The number of H-pyrrole nitrogens is 1. The molecule has 4 rings (SSSR count). The number of methoxy groups -OCH3 is 1. The molecule has 0 aliphatic carbocycles. The summed E-state index contributed by atoms with van der Waals surface area (Å²) in [6.07, 6.45) is 1.75. The molecule has 0 unspecified atom stereocenters. The summed E-state index contributed by atoms with van der Waals surface area (Å²) in [5.41, 5.74) is 4.43. The van der Waals surface area contributed by atoms with Crippen LogP contribution < -0.4 is 10.6 Å². The molecule has 0 radical (unpaired) electrons. The first-order valence-corrected chi connectivity index (χ1v) is 9.07. The van der Waals surface area contributed by atoms with E-state index in [-0.39, 0.29) is 24.9 Å². The van der Waals surface area contributed by atoms with E-state index in [0.29, 0.717) is 17.0 Å². The molecule has 1 amide bonds. The normalized spacial score (nSPS) is 11.3. The molecule has 29 heavy (non-hydrogen) atoms. The van der Waals surface area contributed by atoms with Crippen molar-refractivity contribution in [2.45, 2.75) is 6.54 Å². The fourth-order valence-electron chi connectivity index (χ4n) is 3.38. The molecule has 3 aromatic heterocycles. The maximum absolute atomic E-state index is 14.2. The van der Waals surface area contributed by atoms with Crippen LogP contribution in [0.1, 0.15) is 5.56 Å². The largest absolute Gasteiger partial charge is 0.375 e. The highest BCUT2D eigenvalue weighted by atomic mass is 19.1. The van der Waals surface area contributed by atoms with E-state index >= 15 is 0 Å². The fourth-order valence-corrected chi connectivity index (χ4v) is 3.38. The van der Waals surface area contributed by atoms with Crippen LogP contribution in [0, 0.1) is 5.82 Å². The van der Waals surface area contributed by atoms with Crippen LogP contribution in [0.2, 0.25) is 0 Å². The van der Waals surface area contributed by atoms with E-state index in [1.165, 1.54) is 13.2 Å². The minimum Gasteiger partial charge on any atom is -0.375 e. The van der Waals surface area contributed by atoms with Gasteiger partial charge in [-0.1, -0.05) is 0 Å². The number of imidazole rings is 1. The number of hydrogen-bond donors (Lipinski definition) is 3. The number of aryl methyl sites for hydroxylation is 1. The van der Waals surface area contributed by atoms with E-state index in [1.54, 1.807) is 25.5 Å². The number of anilines is 1. The second kappa shape index (κ2) is 7.51. The van der Waals surface area contributed by atoms with Crippen LogP contribution in [0.5, 0.6) is 0 Å². The lowest BCUT2D eigenvalue weighted by Gasteiger charge is -2.08. The minimum absolute atomic E-state index is 0.0660. The molecule has 4 aromatic rings. The number of aromatic nitrogens is 4. The number of carbonyl (C=O) groups excluding carboxylic acids is 1. The maximum atomic E-state index is 14.2.